The highest BCUT2D eigenvalue weighted by Crippen LogP contribution is 2.48. The van der Waals surface area contributed by atoms with E-state index >= 15 is 0 Å². The van der Waals surface area contributed by atoms with Crippen molar-refractivity contribution in [2.75, 3.05) is 5.32 Å². The highest BCUT2D eigenvalue weighted by atomic mass is 19.1. The van der Waals surface area contributed by atoms with Gasteiger partial charge in [-0.2, -0.15) is 5.10 Å². The smallest absolute Gasteiger partial charge is 0.237 e. The van der Waals surface area contributed by atoms with E-state index in [2.05, 4.69) is 15.4 Å². The van der Waals surface area contributed by atoms with Gasteiger partial charge in [-0.15, -0.1) is 0 Å². The van der Waals surface area contributed by atoms with Gasteiger partial charge in [0.15, 0.2) is 5.82 Å². The molecule has 2 heterocycles. The number of amides is 1. The lowest BCUT2D eigenvalue weighted by Gasteiger charge is -2.14. The van der Waals surface area contributed by atoms with E-state index in [4.69, 9.17) is 0 Å². The average molecular weight is 358 g/mol. The summed E-state index contributed by atoms with van der Waals surface area (Å²) in [6.45, 7) is 0. The fraction of sp³-hybridized carbons (Fsp3) is 0.167. The first kappa shape index (κ1) is 16.3. The first-order chi connectivity index (χ1) is 12.5. The zero-order valence-corrected chi connectivity index (χ0v) is 13.4. The number of pyridine rings is 1. The highest BCUT2D eigenvalue weighted by Gasteiger charge is 2.54. The number of nitrogens with one attached hydrogen (secondary N) is 1. The normalized spacial score (nSPS) is 14.9. The summed E-state index contributed by atoms with van der Waals surface area (Å²) in [5, 5.41) is 6.72. The SMILES string of the molecule is O=C(Nc1ccn(-c2cc(F)cc(F)c2)n1)C1(c2ncccc2F)CC1. The lowest BCUT2D eigenvalue weighted by Crippen LogP contribution is -2.29. The number of anilines is 1. The van der Waals surface area contributed by atoms with Crippen LogP contribution in [0.2, 0.25) is 0 Å². The second kappa shape index (κ2) is 5.98. The van der Waals surface area contributed by atoms with Crippen molar-refractivity contribution >= 4 is 11.7 Å². The molecular formula is C18H13F3N4O. The molecule has 1 saturated carbocycles. The van der Waals surface area contributed by atoms with Crippen LogP contribution in [-0.4, -0.2) is 20.7 Å². The van der Waals surface area contributed by atoms with Crippen molar-refractivity contribution < 1.29 is 18.0 Å². The van der Waals surface area contributed by atoms with Crippen LogP contribution >= 0.6 is 0 Å². The lowest BCUT2D eigenvalue weighted by molar-refractivity contribution is -0.118. The minimum Gasteiger partial charge on any atom is -0.308 e. The van der Waals surface area contributed by atoms with Crippen molar-refractivity contribution in [2.24, 2.45) is 0 Å². The van der Waals surface area contributed by atoms with E-state index in [1.165, 1.54) is 35.3 Å². The number of carbonyl (C=O) groups is 1. The Labute approximate surface area is 146 Å². The van der Waals surface area contributed by atoms with Gasteiger partial charge in [-0.05, 0) is 37.1 Å². The van der Waals surface area contributed by atoms with Crippen molar-refractivity contribution in [2.45, 2.75) is 18.3 Å². The molecule has 0 saturated heterocycles. The van der Waals surface area contributed by atoms with Crippen LogP contribution in [0.1, 0.15) is 18.5 Å². The van der Waals surface area contributed by atoms with E-state index < -0.39 is 28.8 Å². The molecule has 26 heavy (non-hydrogen) atoms. The predicted molar refractivity (Wildman–Crippen MR) is 87.2 cm³/mol. The molecule has 1 fully saturated rings. The monoisotopic (exact) mass is 358 g/mol. The number of benzene rings is 1. The molecule has 5 nitrogen and oxygen atoms in total. The van der Waals surface area contributed by atoms with Crippen molar-refractivity contribution in [3.05, 3.63) is 71.9 Å². The Morgan fingerprint density at radius 3 is 2.50 bits per heavy atom. The highest BCUT2D eigenvalue weighted by molar-refractivity contribution is 6.00. The minimum absolute atomic E-state index is 0.115. The molecule has 1 aliphatic rings. The van der Waals surface area contributed by atoms with Gasteiger partial charge < -0.3 is 5.32 Å². The molecule has 0 spiro atoms. The Kier molecular flexibility index (Phi) is 3.75. The summed E-state index contributed by atoms with van der Waals surface area (Å²) in [6.07, 6.45) is 3.88. The quantitative estimate of drug-likeness (QED) is 0.778. The first-order valence-corrected chi connectivity index (χ1v) is 7.92. The van der Waals surface area contributed by atoms with E-state index in [0.717, 1.165) is 18.2 Å². The summed E-state index contributed by atoms with van der Waals surface area (Å²) in [5.74, 6) is -2.21. The van der Waals surface area contributed by atoms with E-state index in [1.54, 1.807) is 0 Å². The maximum Gasteiger partial charge on any atom is 0.237 e. The summed E-state index contributed by atoms with van der Waals surface area (Å²) >= 11 is 0. The zero-order valence-electron chi connectivity index (χ0n) is 13.4. The number of hydrogen-bond acceptors (Lipinski definition) is 3. The van der Waals surface area contributed by atoms with Crippen LogP contribution in [0.5, 0.6) is 0 Å². The van der Waals surface area contributed by atoms with E-state index in [-0.39, 0.29) is 17.2 Å². The Morgan fingerprint density at radius 1 is 1.12 bits per heavy atom. The van der Waals surface area contributed by atoms with Crippen molar-refractivity contribution in [1.82, 2.24) is 14.8 Å². The average Bonchev–Trinajstić information content (AvgIpc) is 3.27. The molecular weight excluding hydrogens is 345 g/mol. The van der Waals surface area contributed by atoms with Gasteiger partial charge in [0.1, 0.15) is 17.5 Å². The Morgan fingerprint density at radius 2 is 1.85 bits per heavy atom. The molecule has 0 unspecified atom stereocenters. The van der Waals surface area contributed by atoms with Gasteiger partial charge in [-0.1, -0.05) is 0 Å². The number of hydrogen-bond donors (Lipinski definition) is 1. The first-order valence-electron chi connectivity index (χ1n) is 7.92. The van der Waals surface area contributed by atoms with Gasteiger partial charge >= 0.3 is 0 Å². The van der Waals surface area contributed by atoms with Crippen LogP contribution < -0.4 is 5.32 Å². The molecule has 0 atom stereocenters. The van der Waals surface area contributed by atoms with Crippen LogP contribution in [0.25, 0.3) is 5.69 Å². The summed E-state index contributed by atoms with van der Waals surface area (Å²) < 4.78 is 41.9. The van der Waals surface area contributed by atoms with Crippen LogP contribution in [-0.2, 0) is 10.2 Å². The Balaban J connectivity index is 1.56. The van der Waals surface area contributed by atoms with Crippen molar-refractivity contribution in [1.29, 1.82) is 0 Å². The van der Waals surface area contributed by atoms with Crippen LogP contribution in [0.15, 0.2) is 48.8 Å². The number of rotatable bonds is 4. The summed E-state index contributed by atoms with van der Waals surface area (Å²) in [6, 6.07) is 7.22. The van der Waals surface area contributed by atoms with Crippen LogP contribution in [0.4, 0.5) is 19.0 Å². The molecule has 0 aliphatic heterocycles. The summed E-state index contributed by atoms with van der Waals surface area (Å²) in [7, 11) is 0. The Hall–Kier alpha value is -3.16. The third-order valence-electron chi connectivity index (χ3n) is 4.34. The minimum atomic E-state index is -1.000. The number of carbonyl (C=O) groups excluding carboxylic acids is 1. The van der Waals surface area contributed by atoms with Gasteiger partial charge in [0, 0.05) is 24.5 Å². The maximum atomic E-state index is 14.0. The van der Waals surface area contributed by atoms with Gasteiger partial charge in [0.25, 0.3) is 0 Å². The molecule has 0 radical (unpaired) electrons. The lowest BCUT2D eigenvalue weighted by atomic mass is 10.00. The zero-order chi connectivity index (χ0) is 18.3. The molecule has 2 aromatic heterocycles. The molecule has 0 bridgehead atoms. The van der Waals surface area contributed by atoms with Crippen molar-refractivity contribution in [3.8, 4) is 5.69 Å². The molecule has 1 amide bonds. The number of aromatic nitrogens is 3. The second-order valence-electron chi connectivity index (χ2n) is 6.14. The number of halogens is 3. The van der Waals surface area contributed by atoms with Crippen molar-refractivity contribution in [3.63, 3.8) is 0 Å². The van der Waals surface area contributed by atoms with Gasteiger partial charge in [-0.3, -0.25) is 9.78 Å². The fourth-order valence-electron chi connectivity index (χ4n) is 2.88. The second-order valence-corrected chi connectivity index (χ2v) is 6.14. The molecule has 3 aromatic rings. The summed E-state index contributed by atoms with van der Waals surface area (Å²) in [4.78, 5) is 16.6. The molecule has 8 heteroatoms. The van der Waals surface area contributed by atoms with Gasteiger partial charge in [0.05, 0.1) is 16.8 Å². The largest absolute Gasteiger partial charge is 0.308 e. The van der Waals surface area contributed by atoms with Gasteiger partial charge in [0.2, 0.25) is 5.91 Å². The molecule has 1 N–H and O–H groups in total. The molecule has 1 aromatic carbocycles. The third kappa shape index (κ3) is 2.83. The predicted octanol–water partition coefficient (Wildman–Crippen LogP) is 3.35. The maximum absolute atomic E-state index is 14.0. The van der Waals surface area contributed by atoms with E-state index in [1.807, 2.05) is 0 Å². The number of nitrogens with zero attached hydrogens (tertiary/aromatic N) is 3. The molecule has 1 aliphatic carbocycles. The molecule has 4 rings (SSSR count). The Bertz CT molecular complexity index is 977. The molecule has 132 valence electrons. The van der Waals surface area contributed by atoms with Gasteiger partial charge in [-0.25, -0.2) is 17.9 Å². The standard InChI is InChI=1S/C18H13F3N4O/c19-11-8-12(20)10-13(9-11)25-7-3-15(24-25)23-17(26)18(4-5-18)16-14(21)2-1-6-22-16/h1-3,6-10H,4-5H2,(H,23,24,26). The fourth-order valence-corrected chi connectivity index (χ4v) is 2.88. The van der Waals surface area contributed by atoms with Crippen LogP contribution in [0, 0.1) is 17.5 Å². The third-order valence-corrected chi connectivity index (χ3v) is 4.34. The van der Waals surface area contributed by atoms with E-state index in [9.17, 15) is 18.0 Å². The topological polar surface area (TPSA) is 59.8 Å². The summed E-state index contributed by atoms with van der Waals surface area (Å²) in [5.41, 5.74) is -0.705. The van der Waals surface area contributed by atoms with E-state index in [0.29, 0.717) is 12.8 Å². The van der Waals surface area contributed by atoms with Crippen LogP contribution in [0.3, 0.4) is 0 Å².